The van der Waals surface area contributed by atoms with Gasteiger partial charge in [0.15, 0.2) is 0 Å². The van der Waals surface area contributed by atoms with E-state index >= 15 is 0 Å². The molecule has 0 N–H and O–H groups in total. The molecule has 1 saturated heterocycles. The monoisotopic (exact) mass is 334 g/mol. The van der Waals surface area contributed by atoms with Crippen molar-refractivity contribution in [2.75, 3.05) is 13.1 Å². The molecule has 1 amide bonds. The summed E-state index contributed by atoms with van der Waals surface area (Å²) >= 11 is 0. The number of esters is 1. The van der Waals surface area contributed by atoms with E-state index in [-0.39, 0.29) is 12.5 Å². The van der Waals surface area contributed by atoms with Crippen molar-refractivity contribution in [3.8, 4) is 6.07 Å². The van der Waals surface area contributed by atoms with Crippen LogP contribution in [-0.2, 0) is 11.3 Å². The number of likely N-dealkylation sites (tertiary alicyclic amines) is 1. The highest BCUT2D eigenvalue weighted by molar-refractivity contribution is 5.94. The van der Waals surface area contributed by atoms with Crippen LogP contribution in [0.25, 0.3) is 0 Å². The minimum absolute atomic E-state index is 0.0503. The molecule has 0 bridgehead atoms. The summed E-state index contributed by atoms with van der Waals surface area (Å²) in [5.74, 6) is -0.427. The number of hydrogen-bond acceptors (Lipinski definition) is 4. The van der Waals surface area contributed by atoms with E-state index in [4.69, 9.17) is 10.00 Å². The third-order valence-electron chi connectivity index (χ3n) is 4.19. The molecular weight excluding hydrogens is 316 g/mol. The summed E-state index contributed by atoms with van der Waals surface area (Å²) in [6.07, 6.45) is 2.12. The SMILES string of the molecule is N#Cc1cccc(C(=O)OCc2ccc(C(=O)N3CCCC3)cc2)c1. The molecular formula is C20H18N2O3. The summed E-state index contributed by atoms with van der Waals surface area (Å²) in [7, 11) is 0. The standard InChI is InChI=1S/C20H18N2O3/c21-13-16-4-3-5-18(12-16)20(24)25-14-15-6-8-17(9-7-15)19(23)22-10-1-2-11-22/h3-9,12H,1-2,10-11,14H2. The van der Waals surface area contributed by atoms with Gasteiger partial charge in [-0.05, 0) is 48.7 Å². The molecule has 0 aliphatic carbocycles. The zero-order chi connectivity index (χ0) is 17.6. The lowest BCUT2D eigenvalue weighted by Gasteiger charge is -2.15. The second-order valence-corrected chi connectivity index (χ2v) is 5.96. The molecule has 0 saturated carbocycles. The Labute approximate surface area is 146 Å². The molecule has 126 valence electrons. The van der Waals surface area contributed by atoms with Crippen LogP contribution in [0.1, 0.15) is 44.7 Å². The molecule has 25 heavy (non-hydrogen) atoms. The van der Waals surface area contributed by atoms with Crippen molar-refractivity contribution in [1.82, 2.24) is 4.90 Å². The normalized spacial score (nSPS) is 13.3. The van der Waals surface area contributed by atoms with E-state index in [1.807, 2.05) is 11.0 Å². The summed E-state index contributed by atoms with van der Waals surface area (Å²) in [4.78, 5) is 26.2. The van der Waals surface area contributed by atoms with Gasteiger partial charge < -0.3 is 9.64 Å². The van der Waals surface area contributed by atoms with Crippen LogP contribution >= 0.6 is 0 Å². The fourth-order valence-corrected chi connectivity index (χ4v) is 2.79. The molecule has 1 heterocycles. The van der Waals surface area contributed by atoms with Gasteiger partial charge in [-0.15, -0.1) is 0 Å². The van der Waals surface area contributed by atoms with E-state index < -0.39 is 5.97 Å². The Kier molecular flexibility index (Phi) is 5.10. The summed E-state index contributed by atoms with van der Waals surface area (Å²) in [5.41, 5.74) is 2.22. The van der Waals surface area contributed by atoms with Gasteiger partial charge in [0.1, 0.15) is 6.61 Å². The van der Waals surface area contributed by atoms with Crippen LogP contribution in [0.5, 0.6) is 0 Å². The molecule has 0 radical (unpaired) electrons. The number of nitriles is 1. The van der Waals surface area contributed by atoms with E-state index in [9.17, 15) is 9.59 Å². The highest BCUT2D eigenvalue weighted by Gasteiger charge is 2.19. The first kappa shape index (κ1) is 16.7. The molecule has 0 unspecified atom stereocenters. The molecule has 1 aliphatic heterocycles. The molecule has 2 aromatic rings. The Morgan fingerprint density at radius 1 is 1.04 bits per heavy atom. The maximum Gasteiger partial charge on any atom is 0.338 e. The quantitative estimate of drug-likeness (QED) is 0.805. The van der Waals surface area contributed by atoms with E-state index in [0.29, 0.717) is 16.7 Å². The Hall–Kier alpha value is -3.13. The van der Waals surface area contributed by atoms with Gasteiger partial charge in [0.05, 0.1) is 17.2 Å². The van der Waals surface area contributed by atoms with Gasteiger partial charge >= 0.3 is 5.97 Å². The van der Waals surface area contributed by atoms with Crippen molar-refractivity contribution < 1.29 is 14.3 Å². The van der Waals surface area contributed by atoms with Gasteiger partial charge in [0.25, 0.3) is 5.91 Å². The number of ether oxygens (including phenoxy) is 1. The Morgan fingerprint density at radius 3 is 2.44 bits per heavy atom. The first-order valence-corrected chi connectivity index (χ1v) is 8.23. The summed E-state index contributed by atoms with van der Waals surface area (Å²) < 4.78 is 5.27. The number of benzene rings is 2. The third-order valence-corrected chi connectivity index (χ3v) is 4.19. The van der Waals surface area contributed by atoms with Crippen LogP contribution in [0.2, 0.25) is 0 Å². The number of carbonyl (C=O) groups is 2. The maximum absolute atomic E-state index is 12.3. The number of carbonyl (C=O) groups excluding carboxylic acids is 2. The molecule has 5 heteroatoms. The van der Waals surface area contributed by atoms with Crippen LogP contribution in [0.4, 0.5) is 0 Å². The van der Waals surface area contributed by atoms with E-state index in [1.54, 1.807) is 42.5 Å². The number of nitrogens with zero attached hydrogens (tertiary/aromatic N) is 2. The predicted octanol–water partition coefficient (Wildman–Crippen LogP) is 3.15. The fourth-order valence-electron chi connectivity index (χ4n) is 2.79. The minimum atomic E-state index is -0.477. The van der Waals surface area contributed by atoms with Gasteiger partial charge in [-0.1, -0.05) is 18.2 Å². The second kappa shape index (κ2) is 7.63. The Bertz CT molecular complexity index is 816. The average Bonchev–Trinajstić information content (AvgIpc) is 3.20. The van der Waals surface area contributed by atoms with Crippen molar-refractivity contribution in [2.45, 2.75) is 19.4 Å². The van der Waals surface area contributed by atoms with Crippen LogP contribution in [-0.4, -0.2) is 29.9 Å². The average molecular weight is 334 g/mol. The van der Waals surface area contributed by atoms with Crippen molar-refractivity contribution in [2.24, 2.45) is 0 Å². The lowest BCUT2D eigenvalue weighted by atomic mass is 10.1. The molecule has 0 atom stereocenters. The van der Waals surface area contributed by atoms with Gasteiger partial charge in [0.2, 0.25) is 0 Å². The first-order chi connectivity index (χ1) is 12.2. The van der Waals surface area contributed by atoms with Gasteiger partial charge in [-0.3, -0.25) is 4.79 Å². The zero-order valence-corrected chi connectivity index (χ0v) is 13.8. The lowest BCUT2D eigenvalue weighted by Crippen LogP contribution is -2.27. The Balaban J connectivity index is 1.59. The molecule has 0 aromatic heterocycles. The molecule has 3 rings (SSSR count). The first-order valence-electron chi connectivity index (χ1n) is 8.23. The molecule has 5 nitrogen and oxygen atoms in total. The van der Waals surface area contributed by atoms with E-state index in [1.165, 1.54) is 6.07 Å². The fraction of sp³-hybridized carbons (Fsp3) is 0.250. The topological polar surface area (TPSA) is 70.4 Å². The van der Waals surface area contributed by atoms with Crippen molar-refractivity contribution in [3.05, 3.63) is 70.8 Å². The second-order valence-electron chi connectivity index (χ2n) is 5.96. The highest BCUT2D eigenvalue weighted by atomic mass is 16.5. The van der Waals surface area contributed by atoms with Gasteiger partial charge in [0, 0.05) is 18.7 Å². The molecule has 2 aromatic carbocycles. The Morgan fingerprint density at radius 2 is 1.76 bits per heavy atom. The van der Waals surface area contributed by atoms with Crippen LogP contribution in [0.3, 0.4) is 0 Å². The predicted molar refractivity (Wildman–Crippen MR) is 91.9 cm³/mol. The maximum atomic E-state index is 12.3. The highest BCUT2D eigenvalue weighted by Crippen LogP contribution is 2.14. The summed E-state index contributed by atoms with van der Waals surface area (Å²) in [5, 5.41) is 8.87. The van der Waals surface area contributed by atoms with Crippen molar-refractivity contribution in [1.29, 1.82) is 5.26 Å². The smallest absolute Gasteiger partial charge is 0.338 e. The van der Waals surface area contributed by atoms with E-state index in [2.05, 4.69) is 0 Å². The lowest BCUT2D eigenvalue weighted by molar-refractivity contribution is 0.0472. The number of amides is 1. The zero-order valence-electron chi connectivity index (χ0n) is 13.8. The summed E-state index contributed by atoms with van der Waals surface area (Å²) in [6, 6.07) is 15.5. The van der Waals surface area contributed by atoms with Crippen molar-refractivity contribution >= 4 is 11.9 Å². The van der Waals surface area contributed by atoms with Gasteiger partial charge in [-0.2, -0.15) is 5.26 Å². The number of hydrogen-bond donors (Lipinski definition) is 0. The van der Waals surface area contributed by atoms with Crippen molar-refractivity contribution in [3.63, 3.8) is 0 Å². The van der Waals surface area contributed by atoms with Crippen LogP contribution < -0.4 is 0 Å². The largest absolute Gasteiger partial charge is 0.457 e. The van der Waals surface area contributed by atoms with Gasteiger partial charge in [-0.25, -0.2) is 4.79 Å². The number of rotatable bonds is 4. The molecule has 0 spiro atoms. The van der Waals surface area contributed by atoms with E-state index in [0.717, 1.165) is 31.5 Å². The van der Waals surface area contributed by atoms with Crippen LogP contribution in [0.15, 0.2) is 48.5 Å². The van der Waals surface area contributed by atoms with Crippen LogP contribution in [0, 0.1) is 11.3 Å². The third kappa shape index (κ3) is 4.04. The molecule has 1 fully saturated rings. The minimum Gasteiger partial charge on any atom is -0.457 e. The summed E-state index contributed by atoms with van der Waals surface area (Å²) in [6.45, 7) is 1.76. The molecule has 1 aliphatic rings.